The van der Waals surface area contributed by atoms with Gasteiger partial charge >= 0.3 is 12.1 Å². The number of halogens is 3. The molecular formula is C19H15F3N4O5S. The third kappa shape index (κ3) is 5.11. The smallest absolute Gasteiger partial charge is 0.266 e. The molecular weight excluding hydrogens is 453 g/mol. The van der Waals surface area contributed by atoms with E-state index in [1.807, 2.05) is 6.92 Å². The number of amides is 1. The van der Waals surface area contributed by atoms with Gasteiger partial charge in [0, 0.05) is 10.5 Å². The van der Waals surface area contributed by atoms with E-state index in [-0.39, 0.29) is 11.4 Å². The predicted octanol–water partition coefficient (Wildman–Crippen LogP) is 2.95. The monoisotopic (exact) mass is 468 g/mol. The van der Waals surface area contributed by atoms with Crippen LogP contribution in [0.5, 0.6) is 0 Å². The lowest BCUT2D eigenvalue weighted by Crippen LogP contribution is -2.35. The van der Waals surface area contributed by atoms with Gasteiger partial charge < -0.3 is 0 Å². The summed E-state index contributed by atoms with van der Waals surface area (Å²) in [5, 5.41) is 14.0. The van der Waals surface area contributed by atoms with Crippen molar-refractivity contribution in [2.75, 3.05) is 6.54 Å². The molecule has 0 atom stereocenters. The predicted molar refractivity (Wildman–Crippen MR) is 106 cm³/mol. The van der Waals surface area contributed by atoms with Gasteiger partial charge in [0.05, 0.1) is 16.3 Å². The van der Waals surface area contributed by atoms with Gasteiger partial charge in [-0.05, 0) is 37.3 Å². The molecule has 32 heavy (non-hydrogen) atoms. The molecule has 0 radical (unpaired) electrons. The van der Waals surface area contributed by atoms with Crippen molar-refractivity contribution in [1.29, 1.82) is 0 Å². The number of alkyl halides is 3. The molecule has 0 fully saturated rings. The van der Waals surface area contributed by atoms with E-state index < -0.39 is 44.2 Å². The first-order chi connectivity index (χ1) is 14.9. The van der Waals surface area contributed by atoms with Gasteiger partial charge in [-0.3, -0.25) is 14.9 Å². The van der Waals surface area contributed by atoms with Gasteiger partial charge in [-0.25, -0.2) is 17.8 Å². The molecule has 0 aliphatic heterocycles. The third-order valence-corrected chi connectivity index (χ3v) is 5.65. The van der Waals surface area contributed by atoms with Crippen LogP contribution in [-0.4, -0.2) is 35.6 Å². The summed E-state index contributed by atoms with van der Waals surface area (Å²) in [5.41, 5.74) is 0.502. The number of sulfonamides is 1. The summed E-state index contributed by atoms with van der Waals surface area (Å²) in [5.74, 6) is -1.33. The Labute approximate surface area is 179 Å². The zero-order valence-corrected chi connectivity index (χ0v) is 17.1. The zero-order chi connectivity index (χ0) is 23.7. The molecule has 2 aromatic carbocycles. The topological polar surface area (TPSA) is 124 Å². The zero-order valence-electron chi connectivity index (χ0n) is 16.3. The maximum absolute atomic E-state index is 13.3. The van der Waals surface area contributed by atoms with Crippen molar-refractivity contribution >= 4 is 15.9 Å². The van der Waals surface area contributed by atoms with E-state index in [9.17, 15) is 36.5 Å². The molecule has 0 bridgehead atoms. The number of carbonyl (C=O) groups excluding carboxylic acids is 1. The Morgan fingerprint density at radius 1 is 1.12 bits per heavy atom. The molecule has 1 aromatic heterocycles. The first-order valence-corrected chi connectivity index (χ1v) is 10.4. The largest absolute Gasteiger partial charge is 0.435 e. The van der Waals surface area contributed by atoms with E-state index in [1.54, 1.807) is 29.0 Å². The number of aryl methyl sites for hydroxylation is 1. The third-order valence-electron chi connectivity index (χ3n) is 4.26. The molecule has 168 valence electrons. The van der Waals surface area contributed by atoms with Gasteiger partial charge in [0.25, 0.3) is 16.6 Å². The van der Waals surface area contributed by atoms with Crippen molar-refractivity contribution in [3.63, 3.8) is 0 Å². The minimum Gasteiger partial charge on any atom is -0.266 e. The normalized spacial score (nSPS) is 11.9. The number of hydrogen-bond acceptors (Lipinski definition) is 6. The van der Waals surface area contributed by atoms with Gasteiger partial charge in [0.1, 0.15) is 0 Å². The first kappa shape index (κ1) is 22.9. The summed E-state index contributed by atoms with van der Waals surface area (Å²) in [6.07, 6.45) is -4.70. The second-order valence-electron chi connectivity index (χ2n) is 6.70. The van der Waals surface area contributed by atoms with Crippen LogP contribution in [0, 0.1) is 17.0 Å². The van der Waals surface area contributed by atoms with Crippen LogP contribution in [0.3, 0.4) is 0 Å². The van der Waals surface area contributed by atoms with Crippen LogP contribution in [0.2, 0.25) is 0 Å². The SMILES string of the molecule is Cc1ccc(-c2cc(C(F)(F)F)nn2-c2ccc(S(=O)(=O)NC(=O)C[N+](=O)[O-])cc2)cc1. The molecule has 0 saturated heterocycles. The lowest BCUT2D eigenvalue weighted by molar-refractivity contribution is -0.467. The highest BCUT2D eigenvalue weighted by Crippen LogP contribution is 2.33. The van der Waals surface area contributed by atoms with E-state index >= 15 is 0 Å². The van der Waals surface area contributed by atoms with Gasteiger partial charge in [-0.2, -0.15) is 18.3 Å². The van der Waals surface area contributed by atoms with Crippen molar-refractivity contribution in [1.82, 2.24) is 14.5 Å². The lowest BCUT2D eigenvalue weighted by Gasteiger charge is -2.10. The van der Waals surface area contributed by atoms with Crippen LogP contribution in [0.1, 0.15) is 11.3 Å². The van der Waals surface area contributed by atoms with E-state index in [2.05, 4.69) is 5.10 Å². The molecule has 3 aromatic rings. The summed E-state index contributed by atoms with van der Waals surface area (Å²) >= 11 is 0. The highest BCUT2D eigenvalue weighted by Gasteiger charge is 2.35. The van der Waals surface area contributed by atoms with Crippen LogP contribution in [-0.2, 0) is 21.0 Å². The average molecular weight is 468 g/mol. The van der Waals surface area contributed by atoms with Crippen LogP contribution in [0.25, 0.3) is 16.9 Å². The number of nitrogens with one attached hydrogen (secondary N) is 1. The molecule has 1 heterocycles. The molecule has 0 saturated carbocycles. The molecule has 0 unspecified atom stereocenters. The molecule has 9 nitrogen and oxygen atoms in total. The Morgan fingerprint density at radius 3 is 2.25 bits per heavy atom. The summed E-state index contributed by atoms with van der Waals surface area (Å²) < 4.78 is 66.8. The Balaban J connectivity index is 1.99. The highest BCUT2D eigenvalue weighted by atomic mass is 32.2. The quantitative estimate of drug-likeness (QED) is 0.438. The second-order valence-corrected chi connectivity index (χ2v) is 8.39. The van der Waals surface area contributed by atoms with Crippen LogP contribution in [0.4, 0.5) is 13.2 Å². The van der Waals surface area contributed by atoms with Gasteiger partial charge in [-0.1, -0.05) is 29.8 Å². The number of nitrogens with zero attached hydrogens (tertiary/aromatic N) is 3. The fraction of sp³-hybridized carbons (Fsp3) is 0.158. The molecule has 13 heteroatoms. The maximum atomic E-state index is 13.3. The molecule has 3 rings (SSSR count). The van der Waals surface area contributed by atoms with Crippen molar-refractivity contribution in [3.05, 3.63) is 76.0 Å². The molecule has 1 amide bonds. The fourth-order valence-corrected chi connectivity index (χ4v) is 3.75. The first-order valence-electron chi connectivity index (χ1n) is 8.89. The van der Waals surface area contributed by atoms with Crippen molar-refractivity contribution in [2.45, 2.75) is 18.0 Å². The standard InChI is InChI=1S/C19H15F3N4O5S/c1-12-2-4-13(5-3-12)16-10-17(19(20,21)22)23-26(16)14-6-8-15(9-7-14)32(30,31)24-18(27)11-25(28)29/h2-10H,11H2,1H3,(H,24,27). The van der Waals surface area contributed by atoms with E-state index in [0.717, 1.165) is 28.4 Å². The lowest BCUT2D eigenvalue weighted by atomic mass is 10.1. The fourth-order valence-electron chi connectivity index (χ4n) is 2.77. The maximum Gasteiger partial charge on any atom is 0.435 e. The summed E-state index contributed by atoms with van der Waals surface area (Å²) in [7, 11) is -4.40. The Bertz CT molecular complexity index is 1270. The van der Waals surface area contributed by atoms with Crippen LogP contribution in [0.15, 0.2) is 59.5 Å². The summed E-state index contributed by atoms with van der Waals surface area (Å²) in [4.78, 5) is 20.3. The molecule has 0 aliphatic rings. The number of hydrogen-bond donors (Lipinski definition) is 1. The average Bonchev–Trinajstić information content (AvgIpc) is 3.13. The van der Waals surface area contributed by atoms with Gasteiger partial charge in [0.15, 0.2) is 5.69 Å². The number of benzene rings is 2. The minimum atomic E-state index is -4.70. The highest BCUT2D eigenvalue weighted by molar-refractivity contribution is 7.90. The number of nitro groups is 1. The van der Waals surface area contributed by atoms with E-state index in [1.165, 1.54) is 12.1 Å². The number of aromatic nitrogens is 2. The van der Waals surface area contributed by atoms with Gasteiger partial charge in [0.2, 0.25) is 0 Å². The van der Waals surface area contributed by atoms with Crippen LogP contribution < -0.4 is 4.72 Å². The molecule has 0 spiro atoms. The molecule has 0 aliphatic carbocycles. The van der Waals surface area contributed by atoms with Crippen molar-refractivity contribution in [3.8, 4) is 16.9 Å². The Morgan fingerprint density at radius 2 is 1.72 bits per heavy atom. The van der Waals surface area contributed by atoms with E-state index in [0.29, 0.717) is 5.56 Å². The molecule has 1 N–H and O–H groups in total. The Hall–Kier alpha value is -3.74. The summed E-state index contributed by atoms with van der Waals surface area (Å²) in [6, 6.07) is 12.1. The summed E-state index contributed by atoms with van der Waals surface area (Å²) in [6.45, 7) is 0.594. The van der Waals surface area contributed by atoms with E-state index in [4.69, 9.17) is 0 Å². The number of carbonyl (C=O) groups is 1. The minimum absolute atomic E-state index is 0.131. The van der Waals surface area contributed by atoms with Crippen molar-refractivity contribution < 1.29 is 31.3 Å². The number of rotatable bonds is 6. The second kappa shape index (κ2) is 8.42. The van der Waals surface area contributed by atoms with Crippen LogP contribution >= 0.6 is 0 Å². The Kier molecular flexibility index (Phi) is 6.03. The van der Waals surface area contributed by atoms with Gasteiger partial charge in [-0.15, -0.1) is 0 Å². The van der Waals surface area contributed by atoms with Crippen molar-refractivity contribution in [2.24, 2.45) is 0 Å².